The van der Waals surface area contributed by atoms with Crippen LogP contribution in [0, 0.1) is 11.6 Å². The van der Waals surface area contributed by atoms with Gasteiger partial charge in [-0.2, -0.15) is 13.2 Å². The first-order valence-corrected chi connectivity index (χ1v) is 5.42. The van der Waals surface area contributed by atoms with Crippen LogP contribution >= 0.6 is 0 Å². The summed E-state index contributed by atoms with van der Waals surface area (Å²) in [5.41, 5.74) is -0.407. The Morgan fingerprint density at radius 1 is 1.21 bits per heavy atom. The number of Topliss-reactive ketones (excluding diaryl/α,β-unsaturated/α-hetero) is 1. The largest absolute Gasteiger partial charge is 0.411 e. The van der Waals surface area contributed by atoms with E-state index in [1.807, 2.05) is 0 Å². The summed E-state index contributed by atoms with van der Waals surface area (Å²) in [5.74, 6) is -2.28. The topological polar surface area (TPSA) is 26.3 Å². The molecule has 7 heteroatoms. The molecule has 0 aliphatic heterocycles. The number of rotatable bonds is 6. The SMILES string of the molecule is O=C(CCCOCC(F)(F)F)c1cc(F)ccc1F. The minimum absolute atomic E-state index is 0.00483. The van der Waals surface area contributed by atoms with E-state index in [9.17, 15) is 26.7 Å². The molecule has 0 aliphatic carbocycles. The Morgan fingerprint density at radius 3 is 2.53 bits per heavy atom. The number of ether oxygens (including phenoxy) is 1. The smallest absolute Gasteiger partial charge is 0.372 e. The monoisotopic (exact) mass is 282 g/mol. The molecule has 1 aromatic carbocycles. The number of benzene rings is 1. The summed E-state index contributed by atoms with van der Waals surface area (Å²) in [7, 11) is 0. The molecule has 0 radical (unpaired) electrons. The summed E-state index contributed by atoms with van der Waals surface area (Å²) >= 11 is 0. The molecule has 2 nitrogen and oxygen atoms in total. The van der Waals surface area contributed by atoms with Gasteiger partial charge in [-0.15, -0.1) is 0 Å². The van der Waals surface area contributed by atoms with E-state index in [0.29, 0.717) is 0 Å². The number of halogens is 5. The van der Waals surface area contributed by atoms with Gasteiger partial charge >= 0.3 is 6.18 Å². The maximum atomic E-state index is 13.2. The van der Waals surface area contributed by atoms with Crippen LogP contribution in [0.3, 0.4) is 0 Å². The van der Waals surface area contributed by atoms with E-state index in [1.54, 1.807) is 0 Å². The lowest BCUT2D eigenvalue weighted by atomic mass is 10.1. The first-order chi connectivity index (χ1) is 8.79. The van der Waals surface area contributed by atoms with Crippen LogP contribution in [0.25, 0.3) is 0 Å². The molecule has 0 aromatic heterocycles. The predicted molar refractivity (Wildman–Crippen MR) is 56.8 cm³/mol. The number of alkyl halides is 3. The molecule has 0 bridgehead atoms. The molecule has 106 valence electrons. The Kier molecular flexibility index (Phi) is 5.41. The van der Waals surface area contributed by atoms with Crippen LogP contribution in [0.2, 0.25) is 0 Å². The molecular weight excluding hydrogens is 271 g/mol. The van der Waals surface area contributed by atoms with Crippen molar-refractivity contribution >= 4 is 5.78 Å². The van der Waals surface area contributed by atoms with Crippen molar-refractivity contribution < 1.29 is 31.5 Å². The molecule has 0 unspecified atom stereocenters. The highest BCUT2D eigenvalue weighted by Gasteiger charge is 2.27. The van der Waals surface area contributed by atoms with Crippen LogP contribution in [0.5, 0.6) is 0 Å². The van der Waals surface area contributed by atoms with Crippen molar-refractivity contribution in [3.05, 3.63) is 35.4 Å². The van der Waals surface area contributed by atoms with Crippen molar-refractivity contribution in [1.82, 2.24) is 0 Å². The number of carbonyl (C=O) groups is 1. The van der Waals surface area contributed by atoms with E-state index in [1.165, 1.54) is 0 Å². The fourth-order valence-electron chi connectivity index (χ4n) is 1.37. The van der Waals surface area contributed by atoms with Crippen LogP contribution in [-0.2, 0) is 4.74 Å². The van der Waals surface area contributed by atoms with Gasteiger partial charge in [-0.25, -0.2) is 8.78 Å². The molecule has 0 heterocycles. The third-order valence-electron chi connectivity index (χ3n) is 2.19. The summed E-state index contributed by atoms with van der Waals surface area (Å²) in [6.45, 7) is -1.67. The van der Waals surface area contributed by atoms with Gasteiger partial charge in [0.1, 0.15) is 18.2 Å². The molecule has 0 saturated carbocycles. The first kappa shape index (κ1) is 15.6. The normalized spacial score (nSPS) is 11.6. The number of ketones is 1. The number of hydrogen-bond donors (Lipinski definition) is 0. The lowest BCUT2D eigenvalue weighted by Crippen LogP contribution is -2.17. The van der Waals surface area contributed by atoms with Gasteiger partial charge in [0.15, 0.2) is 5.78 Å². The van der Waals surface area contributed by atoms with Gasteiger partial charge in [-0.1, -0.05) is 0 Å². The molecular formula is C12H11F5O2. The number of carbonyl (C=O) groups excluding carboxylic acids is 1. The molecule has 0 fully saturated rings. The van der Waals surface area contributed by atoms with Crippen LogP contribution in [0.1, 0.15) is 23.2 Å². The van der Waals surface area contributed by atoms with Crippen LogP contribution in [-0.4, -0.2) is 25.2 Å². The molecule has 0 amide bonds. The van der Waals surface area contributed by atoms with Gasteiger partial charge in [0, 0.05) is 13.0 Å². The molecule has 1 rings (SSSR count). The van der Waals surface area contributed by atoms with Gasteiger partial charge in [-0.3, -0.25) is 4.79 Å². The lowest BCUT2D eigenvalue weighted by molar-refractivity contribution is -0.173. The summed E-state index contributed by atoms with van der Waals surface area (Å²) in [4.78, 5) is 11.5. The van der Waals surface area contributed by atoms with Gasteiger partial charge in [0.05, 0.1) is 5.56 Å². The van der Waals surface area contributed by atoms with Gasteiger partial charge in [0.2, 0.25) is 0 Å². The summed E-state index contributed by atoms with van der Waals surface area (Å²) in [5, 5.41) is 0. The fraction of sp³-hybridized carbons (Fsp3) is 0.417. The quantitative estimate of drug-likeness (QED) is 0.453. The maximum Gasteiger partial charge on any atom is 0.411 e. The van der Waals surface area contributed by atoms with Gasteiger partial charge in [0.25, 0.3) is 0 Å². The van der Waals surface area contributed by atoms with Gasteiger partial charge in [-0.05, 0) is 24.6 Å². The third-order valence-corrected chi connectivity index (χ3v) is 2.19. The Hall–Kier alpha value is -1.50. The molecule has 1 aromatic rings. The highest BCUT2D eigenvalue weighted by Crippen LogP contribution is 2.15. The minimum atomic E-state index is -4.42. The van der Waals surface area contributed by atoms with E-state index < -0.39 is 35.8 Å². The van der Waals surface area contributed by atoms with E-state index in [2.05, 4.69) is 4.74 Å². The van der Waals surface area contributed by atoms with Crippen molar-refractivity contribution in [2.24, 2.45) is 0 Å². The Morgan fingerprint density at radius 2 is 1.89 bits per heavy atom. The van der Waals surface area contributed by atoms with Crippen molar-refractivity contribution in [2.75, 3.05) is 13.2 Å². The molecule has 0 N–H and O–H groups in total. The second-order valence-corrected chi connectivity index (χ2v) is 3.82. The average Bonchev–Trinajstić information content (AvgIpc) is 2.30. The molecule has 19 heavy (non-hydrogen) atoms. The summed E-state index contributed by atoms with van der Waals surface area (Å²) in [6.07, 6.45) is -4.62. The summed E-state index contributed by atoms with van der Waals surface area (Å²) < 4.78 is 65.5. The fourth-order valence-corrected chi connectivity index (χ4v) is 1.37. The first-order valence-electron chi connectivity index (χ1n) is 5.42. The van der Waals surface area contributed by atoms with Crippen molar-refractivity contribution in [3.63, 3.8) is 0 Å². The second-order valence-electron chi connectivity index (χ2n) is 3.82. The van der Waals surface area contributed by atoms with Crippen LogP contribution in [0.4, 0.5) is 22.0 Å². The molecule has 0 aliphatic rings. The van der Waals surface area contributed by atoms with E-state index >= 15 is 0 Å². The van der Waals surface area contributed by atoms with Crippen LogP contribution < -0.4 is 0 Å². The Labute approximate surface area is 106 Å². The molecule has 0 saturated heterocycles. The average molecular weight is 282 g/mol. The van der Waals surface area contributed by atoms with E-state index in [4.69, 9.17) is 0 Å². The predicted octanol–water partition coefficient (Wildman–Crippen LogP) is 3.51. The van der Waals surface area contributed by atoms with Crippen LogP contribution in [0.15, 0.2) is 18.2 Å². The highest BCUT2D eigenvalue weighted by atomic mass is 19.4. The lowest BCUT2D eigenvalue weighted by Gasteiger charge is -2.07. The minimum Gasteiger partial charge on any atom is -0.372 e. The Bertz CT molecular complexity index is 442. The third kappa shape index (κ3) is 5.78. The zero-order valence-corrected chi connectivity index (χ0v) is 9.77. The van der Waals surface area contributed by atoms with Crippen molar-refractivity contribution in [2.45, 2.75) is 19.0 Å². The summed E-state index contributed by atoms with van der Waals surface area (Å²) in [6, 6.07) is 2.45. The van der Waals surface area contributed by atoms with Crippen molar-refractivity contribution in [3.8, 4) is 0 Å². The molecule has 0 atom stereocenters. The zero-order valence-electron chi connectivity index (χ0n) is 9.77. The van der Waals surface area contributed by atoms with Gasteiger partial charge < -0.3 is 4.74 Å². The molecule has 0 spiro atoms. The highest BCUT2D eigenvalue weighted by molar-refractivity contribution is 5.96. The maximum absolute atomic E-state index is 13.2. The second kappa shape index (κ2) is 6.60. The van der Waals surface area contributed by atoms with E-state index in [0.717, 1.165) is 18.2 Å². The number of hydrogen-bond acceptors (Lipinski definition) is 2. The van der Waals surface area contributed by atoms with Crippen molar-refractivity contribution in [1.29, 1.82) is 0 Å². The standard InChI is InChI=1S/C12H11F5O2/c13-8-3-4-10(14)9(6-8)11(18)2-1-5-19-7-12(15,16)17/h3-4,6H,1-2,5,7H2. The zero-order chi connectivity index (χ0) is 14.5. The Balaban J connectivity index is 2.38. The van der Waals surface area contributed by atoms with E-state index in [-0.39, 0.29) is 19.4 Å².